The predicted octanol–water partition coefficient (Wildman–Crippen LogP) is 2.37. The van der Waals surface area contributed by atoms with Gasteiger partial charge in [0.05, 0.1) is 24.8 Å². The molecule has 4 rings (SSSR count). The third-order valence-corrected chi connectivity index (χ3v) is 5.64. The highest BCUT2D eigenvalue weighted by Crippen LogP contribution is 2.32. The standard InChI is InChI=1S/C20H22ClN3O4/c1-27-9-8-23-11-14(10-18(23)25)20(26)24-7-6-17-16(12-24)19(28-22-17)13-2-4-15(21)5-3-13/h2-5,14H,6-12H2,1H3. The molecule has 0 bridgehead atoms. The molecule has 0 aliphatic carbocycles. The van der Waals surface area contributed by atoms with E-state index < -0.39 is 0 Å². The van der Waals surface area contributed by atoms with Gasteiger partial charge in [-0.05, 0) is 24.3 Å². The highest BCUT2D eigenvalue weighted by atomic mass is 35.5. The Bertz CT molecular complexity index is 880. The minimum Gasteiger partial charge on any atom is -0.383 e. The van der Waals surface area contributed by atoms with Crippen molar-refractivity contribution in [2.75, 3.05) is 33.4 Å². The Morgan fingerprint density at radius 2 is 2.14 bits per heavy atom. The minimum absolute atomic E-state index is 0.0138. The maximum atomic E-state index is 13.0. The lowest BCUT2D eigenvalue weighted by atomic mass is 9.99. The lowest BCUT2D eigenvalue weighted by Gasteiger charge is -2.28. The Kier molecular flexibility index (Phi) is 5.37. The lowest BCUT2D eigenvalue weighted by molar-refractivity contribution is -0.136. The zero-order chi connectivity index (χ0) is 19.7. The van der Waals surface area contributed by atoms with E-state index in [2.05, 4.69) is 5.16 Å². The van der Waals surface area contributed by atoms with Crippen LogP contribution < -0.4 is 0 Å². The van der Waals surface area contributed by atoms with Crippen LogP contribution in [0.15, 0.2) is 28.8 Å². The molecule has 2 amide bonds. The second-order valence-electron chi connectivity index (χ2n) is 7.19. The summed E-state index contributed by atoms with van der Waals surface area (Å²) in [6.07, 6.45) is 0.909. The van der Waals surface area contributed by atoms with Gasteiger partial charge in [0.1, 0.15) is 0 Å². The van der Waals surface area contributed by atoms with Crippen molar-refractivity contribution in [3.63, 3.8) is 0 Å². The van der Waals surface area contributed by atoms with Crippen LogP contribution in [0, 0.1) is 5.92 Å². The average Bonchev–Trinajstić information content (AvgIpc) is 3.29. The summed E-state index contributed by atoms with van der Waals surface area (Å²) in [6.45, 7) is 2.48. The average molecular weight is 404 g/mol. The number of aromatic nitrogens is 1. The van der Waals surface area contributed by atoms with Gasteiger partial charge in [-0.3, -0.25) is 9.59 Å². The molecule has 28 heavy (non-hydrogen) atoms. The molecule has 1 aromatic carbocycles. The summed E-state index contributed by atoms with van der Waals surface area (Å²) in [5.41, 5.74) is 2.70. The number of amides is 2. The number of nitrogens with zero attached hydrogens (tertiary/aromatic N) is 3. The molecule has 2 aromatic rings. The first kappa shape index (κ1) is 19.0. The molecule has 1 atom stereocenters. The monoisotopic (exact) mass is 403 g/mol. The summed E-state index contributed by atoms with van der Waals surface area (Å²) in [5, 5.41) is 4.83. The van der Waals surface area contributed by atoms with E-state index in [1.54, 1.807) is 24.1 Å². The van der Waals surface area contributed by atoms with Crippen molar-refractivity contribution in [3.05, 3.63) is 40.5 Å². The second-order valence-corrected chi connectivity index (χ2v) is 7.62. The third kappa shape index (κ3) is 3.64. The summed E-state index contributed by atoms with van der Waals surface area (Å²) < 4.78 is 10.6. The molecule has 1 unspecified atom stereocenters. The number of benzene rings is 1. The van der Waals surface area contributed by atoms with Crippen molar-refractivity contribution in [1.82, 2.24) is 15.0 Å². The van der Waals surface area contributed by atoms with Gasteiger partial charge in [-0.25, -0.2) is 0 Å². The van der Waals surface area contributed by atoms with Crippen LogP contribution in [0.2, 0.25) is 5.02 Å². The van der Waals surface area contributed by atoms with Crippen LogP contribution >= 0.6 is 11.6 Å². The van der Waals surface area contributed by atoms with Crippen LogP contribution in [0.25, 0.3) is 11.3 Å². The van der Waals surface area contributed by atoms with Crippen LogP contribution in [0.5, 0.6) is 0 Å². The Morgan fingerprint density at radius 1 is 1.36 bits per heavy atom. The number of rotatable bonds is 5. The van der Waals surface area contributed by atoms with Crippen LogP contribution in [0.1, 0.15) is 17.7 Å². The van der Waals surface area contributed by atoms with Crippen LogP contribution in [0.3, 0.4) is 0 Å². The molecular weight excluding hydrogens is 382 g/mol. The number of carbonyl (C=O) groups is 2. The van der Waals surface area contributed by atoms with Crippen molar-refractivity contribution < 1.29 is 18.8 Å². The Hall–Kier alpha value is -2.38. The van der Waals surface area contributed by atoms with E-state index in [9.17, 15) is 9.59 Å². The lowest BCUT2D eigenvalue weighted by Crippen LogP contribution is -2.40. The molecule has 148 valence electrons. The quantitative estimate of drug-likeness (QED) is 0.766. The smallest absolute Gasteiger partial charge is 0.228 e. The number of carbonyl (C=O) groups excluding carboxylic acids is 2. The molecule has 0 spiro atoms. The fourth-order valence-corrected chi connectivity index (χ4v) is 3.97. The number of hydrogen-bond donors (Lipinski definition) is 0. The van der Waals surface area contributed by atoms with Crippen molar-refractivity contribution in [2.24, 2.45) is 5.92 Å². The highest BCUT2D eigenvalue weighted by Gasteiger charge is 2.38. The maximum Gasteiger partial charge on any atom is 0.228 e. The van der Waals surface area contributed by atoms with Crippen molar-refractivity contribution in [3.8, 4) is 11.3 Å². The van der Waals surface area contributed by atoms with Crippen LogP contribution in [-0.2, 0) is 27.3 Å². The molecule has 2 aliphatic rings. The van der Waals surface area contributed by atoms with E-state index in [1.165, 1.54) is 0 Å². The van der Waals surface area contributed by atoms with Gasteiger partial charge in [-0.1, -0.05) is 16.8 Å². The van der Waals surface area contributed by atoms with Gasteiger partial charge in [0.25, 0.3) is 0 Å². The minimum atomic E-state index is -0.301. The maximum absolute atomic E-state index is 13.0. The highest BCUT2D eigenvalue weighted by molar-refractivity contribution is 6.30. The number of likely N-dealkylation sites (tertiary alicyclic amines) is 1. The number of methoxy groups -OCH3 is 1. The fraction of sp³-hybridized carbons (Fsp3) is 0.450. The van der Waals surface area contributed by atoms with Gasteiger partial charge in [0.2, 0.25) is 11.8 Å². The number of hydrogen-bond acceptors (Lipinski definition) is 5. The molecule has 2 aliphatic heterocycles. The SMILES string of the molecule is COCCN1CC(C(=O)N2CCc3noc(-c4ccc(Cl)cc4)c3C2)CC1=O. The summed E-state index contributed by atoms with van der Waals surface area (Å²) in [6, 6.07) is 7.37. The molecule has 1 aromatic heterocycles. The summed E-state index contributed by atoms with van der Waals surface area (Å²) in [4.78, 5) is 28.7. The van der Waals surface area contributed by atoms with Gasteiger partial charge in [-0.15, -0.1) is 0 Å². The first-order valence-electron chi connectivity index (χ1n) is 9.35. The van der Waals surface area contributed by atoms with Gasteiger partial charge in [0, 0.05) is 55.7 Å². The Morgan fingerprint density at radius 3 is 2.89 bits per heavy atom. The zero-order valence-corrected chi connectivity index (χ0v) is 16.4. The fourth-order valence-electron chi connectivity index (χ4n) is 3.84. The second kappa shape index (κ2) is 7.93. The first-order valence-corrected chi connectivity index (χ1v) is 9.73. The molecule has 0 radical (unpaired) electrons. The third-order valence-electron chi connectivity index (χ3n) is 5.38. The van der Waals surface area contributed by atoms with Crippen molar-refractivity contribution in [1.29, 1.82) is 0 Å². The largest absolute Gasteiger partial charge is 0.383 e. The Balaban J connectivity index is 1.48. The first-order chi connectivity index (χ1) is 13.6. The molecule has 0 N–H and O–H groups in total. The summed E-state index contributed by atoms with van der Waals surface area (Å²) >= 11 is 5.97. The molecule has 7 nitrogen and oxygen atoms in total. The zero-order valence-electron chi connectivity index (χ0n) is 15.7. The van der Waals surface area contributed by atoms with E-state index in [4.69, 9.17) is 20.9 Å². The molecule has 8 heteroatoms. The van der Waals surface area contributed by atoms with E-state index in [1.807, 2.05) is 17.0 Å². The normalized spacial score (nSPS) is 19.2. The van der Waals surface area contributed by atoms with E-state index in [-0.39, 0.29) is 24.2 Å². The van der Waals surface area contributed by atoms with Gasteiger partial charge >= 0.3 is 0 Å². The van der Waals surface area contributed by atoms with Crippen molar-refractivity contribution in [2.45, 2.75) is 19.4 Å². The number of halogens is 1. The van der Waals surface area contributed by atoms with E-state index >= 15 is 0 Å². The number of fused-ring (bicyclic) bond motifs is 1. The summed E-state index contributed by atoms with van der Waals surface area (Å²) in [7, 11) is 1.60. The van der Waals surface area contributed by atoms with Gasteiger partial charge in [0.15, 0.2) is 5.76 Å². The Labute approximate surface area is 168 Å². The predicted molar refractivity (Wildman–Crippen MR) is 103 cm³/mol. The van der Waals surface area contributed by atoms with Gasteiger partial charge < -0.3 is 19.1 Å². The summed E-state index contributed by atoms with van der Waals surface area (Å²) in [5.74, 6) is 0.403. The molecule has 0 saturated carbocycles. The van der Waals surface area contributed by atoms with Crippen molar-refractivity contribution >= 4 is 23.4 Å². The molecule has 1 fully saturated rings. The van der Waals surface area contributed by atoms with Gasteiger partial charge in [-0.2, -0.15) is 0 Å². The number of ether oxygens (including phenoxy) is 1. The molecular formula is C20H22ClN3O4. The van der Waals surface area contributed by atoms with Crippen LogP contribution in [-0.4, -0.2) is 60.1 Å². The van der Waals surface area contributed by atoms with E-state index in [0.717, 1.165) is 16.8 Å². The molecule has 3 heterocycles. The van der Waals surface area contributed by atoms with E-state index in [0.29, 0.717) is 50.0 Å². The van der Waals surface area contributed by atoms with Crippen LogP contribution in [0.4, 0.5) is 0 Å². The molecule has 1 saturated heterocycles. The topological polar surface area (TPSA) is 75.9 Å².